The highest BCUT2D eigenvalue weighted by Crippen LogP contribution is 2.24. The first-order valence-corrected chi connectivity index (χ1v) is 12.8. The zero-order valence-corrected chi connectivity index (χ0v) is 21.5. The lowest BCUT2D eigenvalue weighted by Gasteiger charge is -2.12. The van der Waals surface area contributed by atoms with E-state index in [1.54, 1.807) is 18.2 Å². The molecule has 2 fully saturated rings. The molecule has 2 aliphatic heterocycles. The van der Waals surface area contributed by atoms with Crippen LogP contribution in [0.3, 0.4) is 0 Å². The number of ketones is 2. The number of hydrogen-bond donors (Lipinski definition) is 2. The SMILES string of the molecule is Cc1cc(-c2ccc(C(=O)COC(=O)[C@@H]3CC[C@H](C)N3)cc2)ccc1C(=O)COC(=O)[C@@H]1CC[C@H](C)N1. The van der Waals surface area contributed by atoms with Crippen molar-refractivity contribution < 1.29 is 28.7 Å². The summed E-state index contributed by atoms with van der Waals surface area (Å²) >= 11 is 0. The quantitative estimate of drug-likeness (QED) is 0.393. The fourth-order valence-corrected chi connectivity index (χ4v) is 4.87. The summed E-state index contributed by atoms with van der Waals surface area (Å²) in [6.07, 6.45) is 3.26. The summed E-state index contributed by atoms with van der Waals surface area (Å²) in [4.78, 5) is 49.5. The molecule has 0 aliphatic carbocycles. The number of rotatable bonds is 9. The van der Waals surface area contributed by atoms with Crippen LogP contribution in [-0.2, 0) is 19.1 Å². The fraction of sp³-hybridized carbons (Fsp3) is 0.448. The number of Topliss-reactive ketones (excluding diaryl/α,β-unsaturated/α-hetero) is 2. The monoisotopic (exact) mass is 506 g/mol. The van der Waals surface area contributed by atoms with E-state index in [-0.39, 0.29) is 60.9 Å². The highest BCUT2D eigenvalue weighted by molar-refractivity contribution is 6.00. The van der Waals surface area contributed by atoms with Crippen LogP contribution in [-0.4, -0.2) is 60.9 Å². The van der Waals surface area contributed by atoms with E-state index in [0.29, 0.717) is 17.5 Å². The lowest BCUT2D eigenvalue weighted by molar-refractivity contribution is -0.145. The van der Waals surface area contributed by atoms with Gasteiger partial charge in [-0.15, -0.1) is 0 Å². The van der Waals surface area contributed by atoms with Crippen LogP contribution in [0, 0.1) is 6.92 Å². The van der Waals surface area contributed by atoms with Crippen molar-refractivity contribution in [1.82, 2.24) is 10.6 Å². The van der Waals surface area contributed by atoms with Crippen molar-refractivity contribution in [3.05, 3.63) is 59.2 Å². The first-order chi connectivity index (χ1) is 17.7. The third-order valence-electron chi connectivity index (χ3n) is 7.08. The maximum atomic E-state index is 12.7. The largest absolute Gasteiger partial charge is 0.456 e. The predicted molar refractivity (Wildman–Crippen MR) is 138 cm³/mol. The second-order valence-electron chi connectivity index (χ2n) is 10.1. The van der Waals surface area contributed by atoms with Crippen molar-refractivity contribution in [2.75, 3.05) is 13.2 Å². The lowest BCUT2D eigenvalue weighted by Crippen LogP contribution is -2.36. The Morgan fingerprint density at radius 1 is 0.730 bits per heavy atom. The molecule has 4 rings (SSSR count). The van der Waals surface area contributed by atoms with Gasteiger partial charge in [-0.05, 0) is 63.1 Å². The number of ether oxygens (including phenoxy) is 2. The van der Waals surface area contributed by atoms with Crippen LogP contribution in [0.2, 0.25) is 0 Å². The van der Waals surface area contributed by atoms with Gasteiger partial charge in [0.15, 0.2) is 19.0 Å². The molecular weight excluding hydrogens is 472 g/mol. The Labute approximate surface area is 217 Å². The van der Waals surface area contributed by atoms with E-state index in [4.69, 9.17) is 9.47 Å². The zero-order valence-electron chi connectivity index (χ0n) is 21.5. The number of carbonyl (C=O) groups is 4. The lowest BCUT2D eigenvalue weighted by atomic mass is 9.97. The van der Waals surface area contributed by atoms with Gasteiger partial charge in [0.25, 0.3) is 0 Å². The Bertz CT molecular complexity index is 1180. The van der Waals surface area contributed by atoms with Crippen LogP contribution in [0.1, 0.15) is 65.8 Å². The average molecular weight is 507 g/mol. The molecule has 196 valence electrons. The highest BCUT2D eigenvalue weighted by Gasteiger charge is 2.29. The Hall–Kier alpha value is -3.36. The molecule has 2 N–H and O–H groups in total. The Morgan fingerprint density at radius 2 is 1.24 bits per heavy atom. The Morgan fingerprint density at radius 3 is 1.73 bits per heavy atom. The van der Waals surface area contributed by atoms with Crippen LogP contribution in [0.4, 0.5) is 0 Å². The van der Waals surface area contributed by atoms with Crippen LogP contribution >= 0.6 is 0 Å². The van der Waals surface area contributed by atoms with Gasteiger partial charge in [0.05, 0.1) is 0 Å². The van der Waals surface area contributed by atoms with E-state index in [9.17, 15) is 19.2 Å². The predicted octanol–water partition coefficient (Wildman–Crippen LogP) is 3.39. The van der Waals surface area contributed by atoms with Gasteiger partial charge in [0, 0.05) is 23.2 Å². The minimum Gasteiger partial charge on any atom is -0.456 e. The van der Waals surface area contributed by atoms with Crippen LogP contribution in [0.5, 0.6) is 0 Å². The van der Waals surface area contributed by atoms with Crippen LogP contribution in [0.25, 0.3) is 11.1 Å². The van der Waals surface area contributed by atoms with Crippen molar-refractivity contribution in [2.24, 2.45) is 0 Å². The minimum absolute atomic E-state index is 0.249. The number of carbonyl (C=O) groups excluding carboxylic acids is 4. The molecule has 2 heterocycles. The molecule has 8 heteroatoms. The van der Waals surface area contributed by atoms with Gasteiger partial charge in [-0.3, -0.25) is 19.2 Å². The number of nitrogens with one attached hydrogen (secondary N) is 2. The summed E-state index contributed by atoms with van der Waals surface area (Å²) in [6, 6.07) is 12.4. The molecule has 0 aromatic heterocycles. The summed E-state index contributed by atoms with van der Waals surface area (Å²) in [5.41, 5.74) is 3.51. The highest BCUT2D eigenvalue weighted by atomic mass is 16.5. The summed E-state index contributed by atoms with van der Waals surface area (Å²) < 4.78 is 10.5. The van der Waals surface area contributed by atoms with Gasteiger partial charge in [0.2, 0.25) is 5.78 Å². The van der Waals surface area contributed by atoms with E-state index < -0.39 is 0 Å². The smallest absolute Gasteiger partial charge is 0.323 e. The fourth-order valence-electron chi connectivity index (χ4n) is 4.87. The summed E-state index contributed by atoms with van der Waals surface area (Å²) in [7, 11) is 0. The van der Waals surface area contributed by atoms with Crippen molar-refractivity contribution in [2.45, 2.75) is 70.6 Å². The van der Waals surface area contributed by atoms with Gasteiger partial charge in [-0.1, -0.05) is 42.5 Å². The third kappa shape index (κ3) is 6.70. The first kappa shape index (κ1) is 26.7. The molecule has 0 bridgehead atoms. The van der Waals surface area contributed by atoms with Crippen LogP contribution in [0.15, 0.2) is 42.5 Å². The molecule has 0 spiro atoms. The molecule has 8 nitrogen and oxygen atoms in total. The van der Waals surface area contributed by atoms with Gasteiger partial charge >= 0.3 is 11.9 Å². The first-order valence-electron chi connectivity index (χ1n) is 12.8. The maximum Gasteiger partial charge on any atom is 0.323 e. The van der Waals surface area contributed by atoms with E-state index in [2.05, 4.69) is 10.6 Å². The van der Waals surface area contributed by atoms with Gasteiger partial charge in [0.1, 0.15) is 12.1 Å². The maximum absolute atomic E-state index is 12.7. The van der Waals surface area contributed by atoms with Crippen molar-refractivity contribution >= 4 is 23.5 Å². The molecule has 0 unspecified atom stereocenters. The number of aryl methyl sites for hydroxylation is 1. The molecule has 2 saturated heterocycles. The topological polar surface area (TPSA) is 111 Å². The summed E-state index contributed by atoms with van der Waals surface area (Å²) in [5, 5.41) is 6.31. The Balaban J connectivity index is 1.31. The van der Waals surface area contributed by atoms with Gasteiger partial charge in [-0.2, -0.15) is 0 Å². The zero-order chi connectivity index (χ0) is 26.5. The van der Waals surface area contributed by atoms with Crippen molar-refractivity contribution in [3.63, 3.8) is 0 Å². The van der Waals surface area contributed by atoms with Gasteiger partial charge in [-0.25, -0.2) is 0 Å². The second-order valence-corrected chi connectivity index (χ2v) is 10.1. The molecule has 2 aliphatic rings. The summed E-state index contributed by atoms with van der Waals surface area (Å²) in [5.74, 6) is -1.29. The molecule has 4 atom stereocenters. The second kappa shape index (κ2) is 11.8. The molecule has 37 heavy (non-hydrogen) atoms. The number of esters is 2. The standard InChI is InChI=1S/C29H34N2O6/c1-17-14-22(10-11-23(17)27(33)16-37-29(35)25-13-5-19(3)31-25)20-6-8-21(9-7-20)26(32)15-36-28(34)24-12-4-18(2)30-24/h6-11,14,18-19,24-25,30-31H,4-5,12-13,15-16H2,1-3H3/t18-,19-,24-,25-/m0/s1. The van der Waals surface area contributed by atoms with Crippen molar-refractivity contribution in [3.8, 4) is 11.1 Å². The average Bonchev–Trinajstić information content (AvgIpc) is 3.53. The number of benzene rings is 2. The van der Waals surface area contributed by atoms with Crippen molar-refractivity contribution in [1.29, 1.82) is 0 Å². The minimum atomic E-state index is -0.390. The number of hydrogen-bond acceptors (Lipinski definition) is 8. The van der Waals surface area contributed by atoms with E-state index in [1.165, 1.54) is 0 Å². The molecule has 0 amide bonds. The molecule has 0 saturated carbocycles. The third-order valence-corrected chi connectivity index (χ3v) is 7.08. The Kier molecular flexibility index (Phi) is 8.51. The molecule has 2 aromatic rings. The molecule has 0 radical (unpaired) electrons. The van der Waals surface area contributed by atoms with Gasteiger partial charge < -0.3 is 20.1 Å². The van der Waals surface area contributed by atoms with E-state index in [1.807, 2.05) is 45.0 Å². The van der Waals surface area contributed by atoms with E-state index >= 15 is 0 Å². The molecule has 2 aromatic carbocycles. The normalized spacial score (nSPS) is 23.0. The summed E-state index contributed by atoms with van der Waals surface area (Å²) in [6.45, 7) is 5.29. The molecular formula is C29H34N2O6. The van der Waals surface area contributed by atoms with Crippen LogP contribution < -0.4 is 10.6 Å². The van der Waals surface area contributed by atoms with E-state index in [0.717, 1.165) is 36.0 Å².